The van der Waals surface area contributed by atoms with Gasteiger partial charge in [-0.3, -0.25) is 4.79 Å². The van der Waals surface area contributed by atoms with E-state index in [1.807, 2.05) is 48.2 Å². The van der Waals surface area contributed by atoms with Crippen molar-refractivity contribution in [2.45, 2.75) is 24.1 Å². The summed E-state index contributed by atoms with van der Waals surface area (Å²) in [4.78, 5) is 20.5. The molecule has 1 aliphatic carbocycles. The van der Waals surface area contributed by atoms with Crippen LogP contribution in [-0.4, -0.2) is 56.4 Å². The van der Waals surface area contributed by atoms with Crippen LogP contribution in [-0.2, 0) is 14.6 Å². The summed E-state index contributed by atoms with van der Waals surface area (Å²) in [6.45, 7) is 0. The molecule has 0 bridgehead atoms. The summed E-state index contributed by atoms with van der Waals surface area (Å²) in [5.41, 5.74) is 1.96. The highest BCUT2D eigenvalue weighted by molar-refractivity contribution is 8.16. The molecule has 8 heteroatoms. The lowest BCUT2D eigenvalue weighted by Gasteiger charge is -2.25. The van der Waals surface area contributed by atoms with Crippen LogP contribution in [0, 0.1) is 5.92 Å². The van der Waals surface area contributed by atoms with Gasteiger partial charge in [0.25, 0.3) is 5.91 Å². The highest BCUT2D eigenvalue weighted by Gasteiger charge is 2.49. The largest absolute Gasteiger partial charge is 0.378 e. The smallest absolute Gasteiger partial charge is 0.251 e. The number of benzene rings is 1. The van der Waals surface area contributed by atoms with E-state index < -0.39 is 9.84 Å². The van der Waals surface area contributed by atoms with Crippen molar-refractivity contribution in [3.8, 4) is 0 Å². The number of anilines is 2. The number of rotatable bonds is 3. The predicted molar refractivity (Wildman–Crippen MR) is 102 cm³/mol. The maximum Gasteiger partial charge on any atom is 0.251 e. The molecule has 6 nitrogen and oxygen atoms in total. The molecule has 2 aliphatic heterocycles. The second-order valence-corrected chi connectivity index (χ2v) is 10.4. The Labute approximate surface area is 152 Å². The molecule has 2 atom stereocenters. The van der Waals surface area contributed by atoms with Gasteiger partial charge in [-0.2, -0.15) is 4.99 Å². The third-order valence-corrected chi connectivity index (χ3v) is 8.05. The first-order chi connectivity index (χ1) is 11.8. The third-order valence-electron chi connectivity index (χ3n) is 4.84. The van der Waals surface area contributed by atoms with Crippen LogP contribution in [0.3, 0.4) is 0 Å². The predicted octanol–water partition coefficient (Wildman–Crippen LogP) is 1.76. The quantitative estimate of drug-likeness (QED) is 0.797. The van der Waals surface area contributed by atoms with Crippen molar-refractivity contribution in [1.29, 1.82) is 0 Å². The van der Waals surface area contributed by atoms with Crippen molar-refractivity contribution >= 4 is 44.0 Å². The van der Waals surface area contributed by atoms with Crippen molar-refractivity contribution in [3.63, 3.8) is 0 Å². The summed E-state index contributed by atoms with van der Waals surface area (Å²) in [6.07, 6.45) is 1.83. The molecule has 1 aromatic carbocycles. The number of carbonyl (C=O) groups excluding carboxylic acids is 1. The van der Waals surface area contributed by atoms with Gasteiger partial charge in [0.15, 0.2) is 15.0 Å². The zero-order chi connectivity index (χ0) is 17.8. The Hall–Kier alpha value is -1.54. The van der Waals surface area contributed by atoms with E-state index in [0.29, 0.717) is 5.17 Å². The summed E-state index contributed by atoms with van der Waals surface area (Å²) in [5.74, 6) is 0.276. The number of nitrogens with zero attached hydrogens (tertiary/aromatic N) is 3. The van der Waals surface area contributed by atoms with Crippen LogP contribution in [0.4, 0.5) is 11.4 Å². The Morgan fingerprint density at radius 2 is 1.88 bits per heavy atom. The van der Waals surface area contributed by atoms with E-state index in [1.54, 1.807) is 0 Å². The molecule has 1 aromatic rings. The molecule has 0 radical (unpaired) electrons. The molecule has 0 spiro atoms. The molecule has 2 saturated heterocycles. The summed E-state index contributed by atoms with van der Waals surface area (Å²) in [6, 6.07) is 7.79. The van der Waals surface area contributed by atoms with Gasteiger partial charge in [-0.05, 0) is 37.1 Å². The minimum Gasteiger partial charge on any atom is -0.378 e. The first kappa shape index (κ1) is 16.9. The van der Waals surface area contributed by atoms with Crippen molar-refractivity contribution < 1.29 is 13.2 Å². The number of amides is 1. The number of fused-ring (bicyclic) bond motifs is 1. The van der Waals surface area contributed by atoms with E-state index in [1.165, 1.54) is 11.8 Å². The average Bonchev–Trinajstić information content (AvgIpc) is 3.28. The van der Waals surface area contributed by atoms with Gasteiger partial charge in [0.1, 0.15) is 0 Å². The minimum atomic E-state index is -3.03. The highest BCUT2D eigenvalue weighted by atomic mass is 32.2. The molecule has 1 amide bonds. The number of aliphatic imine (C=N–C) groups is 1. The fourth-order valence-corrected chi connectivity index (χ4v) is 7.21. The van der Waals surface area contributed by atoms with Gasteiger partial charge in [-0.25, -0.2) is 8.42 Å². The number of sulfone groups is 1. The van der Waals surface area contributed by atoms with Crippen LogP contribution in [0.25, 0.3) is 0 Å². The standard InChI is InChI=1S/C17H21N3O3S2/c1-19(2)12-5-7-13(8-6-12)20-14-9-25(22,23)10-15(14)24-17(20)18-16(21)11-3-4-11/h5-8,11,14-15H,3-4,9-10H2,1-2H3/t14-,15+/m0/s1. The summed E-state index contributed by atoms with van der Waals surface area (Å²) >= 11 is 1.44. The van der Waals surface area contributed by atoms with E-state index in [4.69, 9.17) is 0 Å². The fraction of sp³-hybridized carbons (Fsp3) is 0.529. The van der Waals surface area contributed by atoms with E-state index in [-0.39, 0.29) is 34.6 Å². The Balaban J connectivity index is 1.69. The molecule has 0 N–H and O–H groups in total. The van der Waals surface area contributed by atoms with Crippen molar-refractivity contribution in [1.82, 2.24) is 0 Å². The van der Waals surface area contributed by atoms with Crippen LogP contribution in [0.5, 0.6) is 0 Å². The van der Waals surface area contributed by atoms with Crippen molar-refractivity contribution in [2.24, 2.45) is 10.9 Å². The number of hydrogen-bond acceptors (Lipinski definition) is 5. The zero-order valence-corrected chi connectivity index (χ0v) is 15.9. The molecule has 4 rings (SSSR count). The summed E-state index contributed by atoms with van der Waals surface area (Å²) in [7, 11) is 0.913. The van der Waals surface area contributed by atoms with E-state index in [9.17, 15) is 13.2 Å². The lowest BCUT2D eigenvalue weighted by Crippen LogP contribution is -2.37. The maximum absolute atomic E-state index is 12.2. The Bertz CT molecular complexity index is 829. The van der Waals surface area contributed by atoms with Gasteiger partial charge < -0.3 is 9.80 Å². The van der Waals surface area contributed by atoms with Crippen LogP contribution in [0.1, 0.15) is 12.8 Å². The lowest BCUT2D eigenvalue weighted by atomic mass is 10.2. The zero-order valence-electron chi connectivity index (χ0n) is 14.3. The van der Waals surface area contributed by atoms with Crippen LogP contribution in [0.15, 0.2) is 29.3 Å². The van der Waals surface area contributed by atoms with Gasteiger partial charge in [0.2, 0.25) is 0 Å². The second kappa shape index (κ2) is 6.02. The third kappa shape index (κ3) is 3.29. The molecular formula is C17H21N3O3S2. The topological polar surface area (TPSA) is 70.0 Å². The molecule has 2 heterocycles. The maximum atomic E-state index is 12.2. The Morgan fingerprint density at radius 1 is 1.20 bits per heavy atom. The van der Waals surface area contributed by atoms with Gasteiger partial charge in [-0.1, -0.05) is 11.8 Å². The first-order valence-corrected chi connectivity index (χ1v) is 11.1. The molecular weight excluding hydrogens is 358 g/mol. The fourth-order valence-electron chi connectivity index (χ4n) is 3.29. The van der Waals surface area contributed by atoms with Crippen LogP contribution >= 0.6 is 11.8 Å². The van der Waals surface area contributed by atoms with Crippen LogP contribution in [0.2, 0.25) is 0 Å². The monoisotopic (exact) mass is 379 g/mol. The van der Waals surface area contributed by atoms with E-state index in [0.717, 1.165) is 24.2 Å². The number of amidine groups is 1. The average molecular weight is 380 g/mol. The number of hydrogen-bond donors (Lipinski definition) is 0. The Kier molecular flexibility index (Phi) is 4.07. The Morgan fingerprint density at radius 3 is 2.48 bits per heavy atom. The SMILES string of the molecule is CN(C)c1ccc(N2C(=NC(=O)C3CC3)S[C@@H]3CS(=O)(=O)C[C@@H]32)cc1. The minimum absolute atomic E-state index is 0.0516. The van der Waals surface area contributed by atoms with Gasteiger partial charge in [-0.15, -0.1) is 0 Å². The highest BCUT2D eigenvalue weighted by Crippen LogP contribution is 2.42. The molecule has 3 fully saturated rings. The second-order valence-electron chi connectivity index (χ2n) is 7.09. The molecule has 0 aromatic heterocycles. The number of thioether (sulfide) groups is 1. The summed E-state index contributed by atoms with van der Waals surface area (Å²) < 4.78 is 24.1. The molecule has 1 saturated carbocycles. The van der Waals surface area contributed by atoms with Crippen molar-refractivity contribution in [3.05, 3.63) is 24.3 Å². The van der Waals surface area contributed by atoms with Crippen LogP contribution < -0.4 is 9.80 Å². The molecule has 3 aliphatic rings. The van der Waals surface area contributed by atoms with E-state index >= 15 is 0 Å². The van der Waals surface area contributed by atoms with Gasteiger partial charge in [0, 0.05) is 36.6 Å². The van der Waals surface area contributed by atoms with E-state index in [2.05, 4.69) is 4.99 Å². The van der Waals surface area contributed by atoms with Crippen molar-refractivity contribution in [2.75, 3.05) is 35.4 Å². The molecule has 25 heavy (non-hydrogen) atoms. The first-order valence-electron chi connectivity index (χ1n) is 8.40. The summed E-state index contributed by atoms with van der Waals surface area (Å²) in [5, 5.41) is 0.601. The molecule has 0 unspecified atom stereocenters. The lowest BCUT2D eigenvalue weighted by molar-refractivity contribution is -0.118. The van der Waals surface area contributed by atoms with Gasteiger partial charge >= 0.3 is 0 Å². The molecule has 134 valence electrons. The normalized spacial score (nSPS) is 29.0. The number of carbonyl (C=O) groups is 1. The van der Waals surface area contributed by atoms with Gasteiger partial charge in [0.05, 0.1) is 17.5 Å².